The third-order valence-corrected chi connectivity index (χ3v) is 6.83. The Bertz CT molecular complexity index is 607. The van der Waals surface area contributed by atoms with Gasteiger partial charge >= 0.3 is 0 Å². The molecule has 24 heavy (non-hydrogen) atoms. The molecule has 5 heteroatoms. The zero-order chi connectivity index (χ0) is 17.1. The maximum atomic E-state index is 11.1. The zero-order valence-electron chi connectivity index (χ0n) is 14.8. The van der Waals surface area contributed by atoms with Crippen molar-refractivity contribution in [3.05, 3.63) is 23.8 Å². The van der Waals surface area contributed by atoms with E-state index in [4.69, 9.17) is 4.74 Å². The van der Waals surface area contributed by atoms with E-state index in [2.05, 4.69) is 23.6 Å². The Morgan fingerprint density at radius 3 is 2.08 bits per heavy atom. The standard InChI is InChI=1S/C19H28N2O3/c1-4-18-9-20-11-19(5-2,17(18)23)12-21(10-18)16(20)13-6-7-14(22)15(8-13)24-3/h6-8,16-17,22-23H,4-5,9-12H2,1-3H3. The predicted octanol–water partition coefficient (Wildman–Crippen LogP) is 2.20. The third-order valence-electron chi connectivity index (χ3n) is 6.83. The van der Waals surface area contributed by atoms with Crippen molar-refractivity contribution < 1.29 is 14.9 Å². The Kier molecular flexibility index (Phi) is 3.61. The highest BCUT2D eigenvalue weighted by Gasteiger charge is 2.64. The van der Waals surface area contributed by atoms with Gasteiger partial charge in [0.05, 0.1) is 19.4 Å². The summed E-state index contributed by atoms with van der Waals surface area (Å²) >= 11 is 0. The van der Waals surface area contributed by atoms with E-state index in [1.807, 2.05) is 12.1 Å². The quantitative estimate of drug-likeness (QED) is 0.885. The van der Waals surface area contributed by atoms with Crippen LogP contribution in [0.1, 0.15) is 38.4 Å². The molecule has 4 bridgehead atoms. The van der Waals surface area contributed by atoms with Gasteiger partial charge in [-0.2, -0.15) is 0 Å². The molecule has 0 radical (unpaired) electrons. The predicted molar refractivity (Wildman–Crippen MR) is 92.0 cm³/mol. The highest BCUT2D eigenvalue weighted by atomic mass is 16.5. The van der Waals surface area contributed by atoms with Crippen LogP contribution < -0.4 is 4.74 Å². The summed E-state index contributed by atoms with van der Waals surface area (Å²) < 4.78 is 5.30. The van der Waals surface area contributed by atoms with Crippen molar-refractivity contribution in [1.82, 2.24) is 9.80 Å². The van der Waals surface area contributed by atoms with Gasteiger partial charge in [0.15, 0.2) is 11.5 Å². The van der Waals surface area contributed by atoms with Crippen LogP contribution in [0.25, 0.3) is 0 Å². The van der Waals surface area contributed by atoms with Crippen molar-refractivity contribution in [3.63, 3.8) is 0 Å². The first-order valence-corrected chi connectivity index (χ1v) is 9.02. The normalized spacial score (nSPS) is 43.2. The minimum Gasteiger partial charge on any atom is -0.504 e. The molecular weight excluding hydrogens is 304 g/mol. The second-order valence-corrected chi connectivity index (χ2v) is 7.95. The number of hydrogen-bond acceptors (Lipinski definition) is 5. The second kappa shape index (κ2) is 5.35. The highest BCUT2D eigenvalue weighted by Crippen LogP contribution is 2.57. The number of hydrogen-bond donors (Lipinski definition) is 2. The summed E-state index contributed by atoms with van der Waals surface area (Å²) in [4.78, 5) is 5.05. The molecule has 4 heterocycles. The average Bonchev–Trinajstić information content (AvgIpc) is 2.59. The van der Waals surface area contributed by atoms with Crippen LogP contribution in [0.15, 0.2) is 18.2 Å². The molecule has 0 atom stereocenters. The molecule has 5 nitrogen and oxygen atoms in total. The van der Waals surface area contributed by atoms with E-state index < -0.39 is 0 Å². The van der Waals surface area contributed by atoms with Crippen LogP contribution in [0.4, 0.5) is 0 Å². The summed E-state index contributed by atoms with van der Waals surface area (Å²) in [5.74, 6) is 0.708. The molecule has 1 aromatic rings. The monoisotopic (exact) mass is 332 g/mol. The molecule has 1 aromatic carbocycles. The van der Waals surface area contributed by atoms with Gasteiger partial charge in [-0.15, -0.1) is 0 Å². The molecule has 0 aromatic heterocycles. The fraction of sp³-hybridized carbons (Fsp3) is 0.684. The minimum absolute atomic E-state index is 0.00991. The van der Waals surface area contributed by atoms with Crippen molar-refractivity contribution in [1.29, 1.82) is 0 Å². The van der Waals surface area contributed by atoms with Crippen molar-refractivity contribution in [2.75, 3.05) is 33.3 Å². The number of rotatable bonds is 4. The lowest BCUT2D eigenvalue weighted by Gasteiger charge is -2.69. The lowest BCUT2D eigenvalue weighted by atomic mass is 9.57. The van der Waals surface area contributed by atoms with Gasteiger partial charge in [-0.3, -0.25) is 9.80 Å². The van der Waals surface area contributed by atoms with E-state index in [0.29, 0.717) is 5.75 Å². The van der Waals surface area contributed by atoms with Gasteiger partial charge in [0.25, 0.3) is 0 Å². The first-order chi connectivity index (χ1) is 11.5. The third kappa shape index (κ3) is 1.98. The Hall–Kier alpha value is -1.30. The summed E-state index contributed by atoms with van der Waals surface area (Å²) in [5, 5.41) is 21.0. The van der Waals surface area contributed by atoms with Gasteiger partial charge < -0.3 is 14.9 Å². The fourth-order valence-electron chi connectivity index (χ4n) is 5.51. The molecule has 4 saturated heterocycles. The van der Waals surface area contributed by atoms with Gasteiger partial charge in [0.1, 0.15) is 0 Å². The molecule has 2 N–H and O–H groups in total. The maximum Gasteiger partial charge on any atom is 0.160 e. The average molecular weight is 332 g/mol. The number of aromatic hydroxyl groups is 1. The summed E-state index contributed by atoms with van der Waals surface area (Å²) in [5.41, 5.74) is 1.14. The number of piperidine rings is 2. The van der Waals surface area contributed by atoms with Gasteiger partial charge in [0.2, 0.25) is 0 Å². The SMILES string of the molecule is CCC12CN3CC(CC)(CN(C1)C3c1ccc(O)c(OC)c1)C2O. The van der Waals surface area contributed by atoms with Crippen LogP contribution in [0, 0.1) is 10.8 Å². The van der Waals surface area contributed by atoms with Gasteiger partial charge in [-0.25, -0.2) is 0 Å². The van der Waals surface area contributed by atoms with Crippen LogP contribution in [0.2, 0.25) is 0 Å². The number of phenolic OH excluding ortho intramolecular Hbond substituents is 1. The molecule has 4 aliphatic rings. The van der Waals surface area contributed by atoms with Crippen molar-refractivity contribution in [2.24, 2.45) is 10.8 Å². The molecule has 4 fully saturated rings. The molecule has 0 amide bonds. The summed E-state index contributed by atoms with van der Waals surface area (Å²) in [6.45, 7) is 8.18. The first kappa shape index (κ1) is 16.2. The topological polar surface area (TPSA) is 56.2 Å². The Morgan fingerprint density at radius 1 is 1.08 bits per heavy atom. The van der Waals surface area contributed by atoms with Crippen LogP contribution in [-0.4, -0.2) is 59.4 Å². The van der Waals surface area contributed by atoms with E-state index in [1.54, 1.807) is 13.2 Å². The zero-order valence-corrected chi connectivity index (χ0v) is 14.8. The second-order valence-electron chi connectivity index (χ2n) is 7.95. The minimum atomic E-state index is -0.206. The highest BCUT2D eigenvalue weighted by molar-refractivity contribution is 5.43. The van der Waals surface area contributed by atoms with E-state index in [0.717, 1.165) is 44.6 Å². The summed E-state index contributed by atoms with van der Waals surface area (Å²) in [7, 11) is 1.59. The molecule has 132 valence electrons. The van der Waals surface area contributed by atoms with E-state index in [1.165, 1.54) is 0 Å². The number of aliphatic hydroxyl groups excluding tert-OH is 1. The van der Waals surface area contributed by atoms with Crippen LogP contribution in [0.5, 0.6) is 11.5 Å². The number of nitrogens with zero attached hydrogens (tertiary/aromatic N) is 2. The Balaban J connectivity index is 1.73. The number of ether oxygens (including phenoxy) is 1. The smallest absolute Gasteiger partial charge is 0.160 e. The molecular formula is C19H28N2O3. The summed E-state index contributed by atoms with van der Waals surface area (Å²) in [6.07, 6.45) is 2.03. The van der Waals surface area contributed by atoms with E-state index >= 15 is 0 Å². The number of phenols is 1. The van der Waals surface area contributed by atoms with Crippen LogP contribution >= 0.6 is 0 Å². The first-order valence-electron chi connectivity index (χ1n) is 9.02. The molecule has 0 spiro atoms. The fourth-order valence-corrected chi connectivity index (χ4v) is 5.51. The van der Waals surface area contributed by atoms with Crippen molar-refractivity contribution in [3.8, 4) is 11.5 Å². The summed E-state index contributed by atoms with van der Waals surface area (Å²) in [6, 6.07) is 5.68. The van der Waals surface area contributed by atoms with E-state index in [9.17, 15) is 10.2 Å². The molecule has 4 aliphatic heterocycles. The van der Waals surface area contributed by atoms with Crippen LogP contribution in [0.3, 0.4) is 0 Å². The molecule has 5 rings (SSSR count). The largest absolute Gasteiger partial charge is 0.504 e. The molecule has 0 unspecified atom stereocenters. The van der Waals surface area contributed by atoms with Crippen molar-refractivity contribution >= 4 is 0 Å². The maximum absolute atomic E-state index is 11.1. The van der Waals surface area contributed by atoms with Gasteiger partial charge in [-0.05, 0) is 30.5 Å². The number of benzene rings is 1. The molecule has 0 saturated carbocycles. The van der Waals surface area contributed by atoms with E-state index in [-0.39, 0.29) is 28.8 Å². The van der Waals surface area contributed by atoms with Gasteiger partial charge in [0, 0.05) is 37.0 Å². The Labute approximate surface area is 143 Å². The Morgan fingerprint density at radius 2 is 1.62 bits per heavy atom. The molecule has 0 aliphatic carbocycles. The lowest BCUT2D eigenvalue weighted by Crippen LogP contribution is -2.78. The lowest BCUT2D eigenvalue weighted by molar-refractivity contribution is -0.266. The number of methoxy groups -OCH3 is 1. The van der Waals surface area contributed by atoms with Crippen LogP contribution in [-0.2, 0) is 0 Å². The van der Waals surface area contributed by atoms with Gasteiger partial charge in [-0.1, -0.05) is 19.9 Å². The van der Waals surface area contributed by atoms with Crippen molar-refractivity contribution in [2.45, 2.75) is 39.0 Å². The number of aliphatic hydroxyl groups is 1.